The lowest BCUT2D eigenvalue weighted by Crippen LogP contribution is -2.28. The second kappa shape index (κ2) is 10.00. The molecule has 0 unspecified atom stereocenters. The molecule has 3 rings (SSSR count). The molecule has 0 bridgehead atoms. The molecule has 3 N–H and O–H groups in total. The normalized spacial score (nSPS) is 15.7. The number of thioether (sulfide) groups is 2. The molecule has 1 aromatic carbocycles. The molecule has 0 spiro atoms. The van der Waals surface area contributed by atoms with Gasteiger partial charge in [-0.05, 0) is 54.4 Å². The van der Waals surface area contributed by atoms with Gasteiger partial charge >= 0.3 is 0 Å². The highest BCUT2D eigenvalue weighted by Gasteiger charge is 2.40. The van der Waals surface area contributed by atoms with Crippen LogP contribution in [-0.2, 0) is 15.4 Å². The van der Waals surface area contributed by atoms with E-state index in [0.29, 0.717) is 23.6 Å². The van der Waals surface area contributed by atoms with Gasteiger partial charge in [-0.3, -0.25) is 4.79 Å². The molecule has 0 saturated heterocycles. The van der Waals surface area contributed by atoms with Gasteiger partial charge in [0.05, 0.1) is 6.54 Å². The summed E-state index contributed by atoms with van der Waals surface area (Å²) in [6.07, 6.45) is 2.88. The van der Waals surface area contributed by atoms with Crippen molar-refractivity contribution in [2.75, 3.05) is 12.3 Å². The average Bonchev–Trinajstić information content (AvgIpc) is 3.22. The monoisotopic (exact) mass is 506 g/mol. The Kier molecular flexibility index (Phi) is 7.62. The largest absolute Gasteiger partial charge is 0.396 e. The minimum Gasteiger partial charge on any atom is -0.396 e. The number of anilines is 1. The molecule has 30 heavy (non-hydrogen) atoms. The van der Waals surface area contributed by atoms with Gasteiger partial charge in [0.15, 0.2) is 0 Å². The first-order valence-electron chi connectivity index (χ1n) is 9.29. The zero-order valence-electron chi connectivity index (χ0n) is 16.7. The third kappa shape index (κ3) is 4.74. The van der Waals surface area contributed by atoms with Crippen molar-refractivity contribution in [3.63, 3.8) is 0 Å². The Morgan fingerprint density at radius 3 is 2.70 bits per heavy atom. The topological polar surface area (TPSA) is 92.3 Å². The number of benzene rings is 1. The Bertz CT molecular complexity index is 989. The number of nitrogen functional groups attached to an aromatic ring is 1. The van der Waals surface area contributed by atoms with Crippen LogP contribution in [0.15, 0.2) is 57.0 Å². The summed E-state index contributed by atoms with van der Waals surface area (Å²) in [6.45, 7) is 3.91. The van der Waals surface area contributed by atoms with Crippen LogP contribution in [0.3, 0.4) is 0 Å². The van der Waals surface area contributed by atoms with Crippen molar-refractivity contribution in [2.24, 2.45) is 0 Å². The van der Waals surface area contributed by atoms with Crippen LogP contribution in [0.2, 0.25) is 0 Å². The Morgan fingerprint density at radius 1 is 1.37 bits per heavy atom. The lowest BCUT2D eigenvalue weighted by atomic mass is 9.98. The molecule has 0 radical (unpaired) electrons. The predicted octanol–water partition coefficient (Wildman–Crippen LogP) is 4.55. The first-order valence-corrected chi connectivity index (χ1v) is 11.8. The summed E-state index contributed by atoms with van der Waals surface area (Å²) in [6, 6.07) is 8.12. The van der Waals surface area contributed by atoms with Gasteiger partial charge in [-0.25, -0.2) is 9.97 Å². The fourth-order valence-corrected chi connectivity index (χ4v) is 6.43. The number of nitrogens with two attached hydrogens (primary N) is 1. The summed E-state index contributed by atoms with van der Waals surface area (Å²) in [5.41, 5.74) is 9.56. The maximum atomic E-state index is 12.1. The van der Waals surface area contributed by atoms with Crippen LogP contribution in [0.25, 0.3) is 0 Å². The number of nitrogens with zero attached hydrogens (tertiary/aromatic N) is 3. The maximum absolute atomic E-state index is 12.1. The third-order valence-electron chi connectivity index (χ3n) is 4.84. The van der Waals surface area contributed by atoms with Crippen LogP contribution in [0.4, 0.5) is 5.82 Å². The molecule has 1 aliphatic rings. The molecule has 1 amide bonds. The molecule has 0 aliphatic carbocycles. The van der Waals surface area contributed by atoms with E-state index in [4.69, 9.17) is 5.73 Å². The SMILES string of the molecule is C/C(=C(\CCO)C1(c2cccc(Br)c2)SC=CS1)N(C=O)Cc1cnc(C)nc1N. The molecule has 0 fully saturated rings. The van der Waals surface area contributed by atoms with E-state index in [2.05, 4.69) is 38.0 Å². The fourth-order valence-electron chi connectivity index (χ4n) is 3.34. The number of hydrogen-bond acceptors (Lipinski definition) is 7. The van der Waals surface area contributed by atoms with E-state index in [1.807, 2.05) is 29.9 Å². The van der Waals surface area contributed by atoms with Crippen LogP contribution >= 0.6 is 39.5 Å². The van der Waals surface area contributed by atoms with Crippen molar-refractivity contribution >= 4 is 51.7 Å². The Balaban J connectivity index is 2.07. The molecular weight excluding hydrogens is 484 g/mol. The van der Waals surface area contributed by atoms with Gasteiger partial charge in [0.2, 0.25) is 6.41 Å². The van der Waals surface area contributed by atoms with E-state index >= 15 is 0 Å². The van der Waals surface area contributed by atoms with Gasteiger partial charge in [0, 0.05) is 28.5 Å². The zero-order valence-corrected chi connectivity index (χ0v) is 19.9. The van der Waals surface area contributed by atoms with Gasteiger partial charge in [-0.1, -0.05) is 28.1 Å². The molecule has 1 aliphatic heterocycles. The highest BCUT2D eigenvalue weighted by molar-refractivity contribution is 9.10. The quantitative estimate of drug-likeness (QED) is 0.507. The van der Waals surface area contributed by atoms with Crippen LogP contribution in [0.5, 0.6) is 0 Å². The number of amides is 1. The first-order chi connectivity index (χ1) is 14.4. The molecule has 9 heteroatoms. The average molecular weight is 507 g/mol. The number of carbonyl (C=O) groups excluding carboxylic acids is 1. The van der Waals surface area contributed by atoms with Crippen LogP contribution in [0.1, 0.15) is 30.3 Å². The van der Waals surface area contributed by atoms with Crippen LogP contribution in [0, 0.1) is 6.92 Å². The molecule has 158 valence electrons. The van der Waals surface area contributed by atoms with Gasteiger partial charge in [0.25, 0.3) is 0 Å². The molecule has 1 aromatic heterocycles. The van der Waals surface area contributed by atoms with E-state index in [1.54, 1.807) is 41.5 Å². The van der Waals surface area contributed by atoms with Gasteiger partial charge in [-0.15, -0.1) is 23.5 Å². The number of aromatic nitrogens is 2. The first kappa shape index (κ1) is 22.9. The highest BCUT2D eigenvalue weighted by atomic mass is 79.9. The van der Waals surface area contributed by atoms with Crippen molar-refractivity contribution in [2.45, 2.75) is 30.9 Å². The number of allylic oxidation sites excluding steroid dienone is 1. The van der Waals surface area contributed by atoms with Crippen molar-refractivity contribution in [1.29, 1.82) is 0 Å². The van der Waals surface area contributed by atoms with Crippen molar-refractivity contribution in [3.8, 4) is 0 Å². The van der Waals surface area contributed by atoms with Gasteiger partial charge in [0.1, 0.15) is 15.7 Å². The van der Waals surface area contributed by atoms with E-state index in [1.165, 1.54) is 0 Å². The fraction of sp³-hybridized carbons (Fsp3) is 0.286. The number of halogens is 1. The molecule has 0 atom stereocenters. The van der Waals surface area contributed by atoms with Crippen molar-refractivity contribution < 1.29 is 9.90 Å². The van der Waals surface area contributed by atoms with Crippen molar-refractivity contribution in [1.82, 2.24) is 14.9 Å². The smallest absolute Gasteiger partial charge is 0.214 e. The van der Waals surface area contributed by atoms with Gasteiger partial charge in [-0.2, -0.15) is 0 Å². The molecule has 2 aromatic rings. The van der Waals surface area contributed by atoms with E-state index in [0.717, 1.165) is 27.7 Å². The van der Waals surface area contributed by atoms with Gasteiger partial charge < -0.3 is 15.7 Å². The third-order valence-corrected chi connectivity index (χ3v) is 8.26. The Hall–Kier alpha value is -1.81. The number of aryl methyl sites for hydroxylation is 1. The van der Waals surface area contributed by atoms with E-state index in [9.17, 15) is 9.90 Å². The summed E-state index contributed by atoms with van der Waals surface area (Å²) in [4.78, 5) is 22.1. The minimum atomic E-state index is -0.465. The second-order valence-corrected chi connectivity index (χ2v) is 10.1. The summed E-state index contributed by atoms with van der Waals surface area (Å²) in [7, 11) is 0. The highest BCUT2D eigenvalue weighted by Crippen LogP contribution is 2.59. The maximum Gasteiger partial charge on any atom is 0.214 e. The lowest BCUT2D eigenvalue weighted by Gasteiger charge is -2.34. The summed E-state index contributed by atoms with van der Waals surface area (Å²) >= 11 is 6.90. The second-order valence-electron chi connectivity index (χ2n) is 6.73. The molecule has 0 saturated carbocycles. The lowest BCUT2D eigenvalue weighted by molar-refractivity contribution is -0.117. The Labute approximate surface area is 193 Å². The zero-order chi connectivity index (χ0) is 21.7. The molecule has 2 heterocycles. The number of hydrogen-bond donors (Lipinski definition) is 2. The van der Waals surface area contributed by atoms with Crippen molar-refractivity contribution in [3.05, 3.63) is 74.0 Å². The minimum absolute atomic E-state index is 0.0218. The van der Waals surface area contributed by atoms with E-state index < -0.39 is 4.08 Å². The van der Waals surface area contributed by atoms with E-state index in [-0.39, 0.29) is 13.2 Å². The summed E-state index contributed by atoms with van der Waals surface area (Å²) in [5.74, 6) is 0.944. The standard InChI is InChI=1S/C21H23BrN4O2S2/c1-14(26(13-28)12-16-11-24-15(2)25-20(16)23)19(6-7-27)21(29-8-9-30-21)17-4-3-5-18(22)10-17/h3-5,8-11,13,27H,6-7,12H2,1-2H3,(H2,23,24,25)/b19-14-. The Morgan fingerprint density at radius 2 is 2.10 bits per heavy atom. The summed E-state index contributed by atoms with van der Waals surface area (Å²) < 4.78 is 0.512. The molecule has 6 nitrogen and oxygen atoms in total. The summed E-state index contributed by atoms with van der Waals surface area (Å²) in [5, 5.41) is 13.9. The number of rotatable bonds is 8. The number of aliphatic hydroxyl groups is 1. The van der Waals surface area contributed by atoms with Crippen LogP contribution < -0.4 is 5.73 Å². The van der Waals surface area contributed by atoms with Crippen LogP contribution in [-0.4, -0.2) is 33.0 Å². The molecular formula is C21H23BrN4O2S2. The predicted molar refractivity (Wildman–Crippen MR) is 127 cm³/mol. The number of carbonyl (C=O) groups is 1. The number of aliphatic hydroxyl groups excluding tert-OH is 1.